The highest BCUT2D eigenvalue weighted by Gasteiger charge is 2.34. The number of piperidine rings is 1. The molecule has 2 aromatic carbocycles. The van der Waals surface area contributed by atoms with E-state index < -0.39 is 10.0 Å². The second kappa shape index (κ2) is 10.4. The number of nitrogens with one attached hydrogen (secondary N) is 1. The van der Waals surface area contributed by atoms with Crippen molar-refractivity contribution in [3.8, 4) is 5.75 Å². The van der Waals surface area contributed by atoms with E-state index in [0.29, 0.717) is 19.5 Å². The number of benzene rings is 2. The largest absolute Gasteiger partial charge is 0.495 e. The molecule has 2 fully saturated rings. The Bertz CT molecular complexity index is 1190. The van der Waals surface area contributed by atoms with Gasteiger partial charge in [0.25, 0.3) is 5.91 Å². The summed E-state index contributed by atoms with van der Waals surface area (Å²) in [6, 6.07) is 12.0. The van der Waals surface area contributed by atoms with Gasteiger partial charge >= 0.3 is 0 Å². The van der Waals surface area contributed by atoms with E-state index in [9.17, 15) is 18.0 Å². The van der Waals surface area contributed by atoms with Crippen LogP contribution in [0.25, 0.3) is 0 Å². The lowest BCUT2D eigenvalue weighted by Crippen LogP contribution is -2.42. The van der Waals surface area contributed by atoms with Gasteiger partial charge in [0.15, 0.2) is 0 Å². The Hall–Kier alpha value is -2.91. The maximum absolute atomic E-state index is 13.5. The van der Waals surface area contributed by atoms with Gasteiger partial charge in [-0.3, -0.25) is 9.59 Å². The molecule has 2 amide bonds. The molecule has 0 unspecified atom stereocenters. The molecule has 2 aliphatic heterocycles. The van der Waals surface area contributed by atoms with Crippen LogP contribution in [0.15, 0.2) is 47.4 Å². The molecule has 9 heteroatoms. The average molecular weight is 500 g/mol. The van der Waals surface area contributed by atoms with E-state index in [1.807, 2.05) is 24.3 Å². The van der Waals surface area contributed by atoms with E-state index in [0.717, 1.165) is 30.6 Å². The lowest BCUT2D eigenvalue weighted by atomic mass is 9.94. The molecule has 188 valence electrons. The van der Waals surface area contributed by atoms with Crippen LogP contribution in [0.3, 0.4) is 0 Å². The van der Waals surface area contributed by atoms with Crippen molar-refractivity contribution in [2.75, 3.05) is 31.6 Å². The monoisotopic (exact) mass is 499 g/mol. The molecule has 1 N–H and O–H groups in total. The summed E-state index contributed by atoms with van der Waals surface area (Å²) in [5.74, 6) is 0.509. The Morgan fingerprint density at radius 3 is 2.37 bits per heavy atom. The number of carbonyl (C=O) groups is 2. The Morgan fingerprint density at radius 1 is 1.09 bits per heavy atom. The fourth-order valence-electron chi connectivity index (χ4n) is 4.96. The van der Waals surface area contributed by atoms with Crippen molar-refractivity contribution in [2.24, 2.45) is 11.8 Å². The SMILES string of the molecule is COc1ccc(C(=O)NCc2ccc(N3CCCC3=O)cc2)cc1S(=O)(=O)N1C[C@H](C)C[C@@H](C)C1. The second-order valence-corrected chi connectivity index (χ2v) is 11.5. The first-order valence-electron chi connectivity index (χ1n) is 12.0. The van der Waals surface area contributed by atoms with Gasteiger partial charge in [-0.05, 0) is 60.6 Å². The third-order valence-corrected chi connectivity index (χ3v) is 8.51. The maximum Gasteiger partial charge on any atom is 0.251 e. The summed E-state index contributed by atoms with van der Waals surface area (Å²) in [6.07, 6.45) is 2.43. The lowest BCUT2D eigenvalue weighted by Gasteiger charge is -2.34. The summed E-state index contributed by atoms with van der Waals surface area (Å²) >= 11 is 0. The average Bonchev–Trinajstić information content (AvgIpc) is 3.27. The van der Waals surface area contributed by atoms with Crippen molar-refractivity contribution in [2.45, 2.75) is 44.6 Å². The number of hydrogen-bond acceptors (Lipinski definition) is 5. The molecule has 8 nitrogen and oxygen atoms in total. The van der Waals surface area contributed by atoms with Gasteiger partial charge in [0.2, 0.25) is 15.9 Å². The molecule has 0 bridgehead atoms. The van der Waals surface area contributed by atoms with Crippen LogP contribution in [-0.2, 0) is 21.4 Å². The van der Waals surface area contributed by atoms with Crippen LogP contribution in [-0.4, -0.2) is 51.3 Å². The van der Waals surface area contributed by atoms with Gasteiger partial charge in [-0.15, -0.1) is 0 Å². The van der Waals surface area contributed by atoms with Crippen molar-refractivity contribution in [3.63, 3.8) is 0 Å². The number of rotatable bonds is 7. The smallest absolute Gasteiger partial charge is 0.251 e. The quantitative estimate of drug-likeness (QED) is 0.630. The summed E-state index contributed by atoms with van der Waals surface area (Å²) in [7, 11) is -2.39. The fourth-order valence-corrected chi connectivity index (χ4v) is 6.82. The minimum Gasteiger partial charge on any atom is -0.495 e. The van der Waals surface area contributed by atoms with Crippen molar-refractivity contribution in [1.82, 2.24) is 9.62 Å². The van der Waals surface area contributed by atoms with Crippen LogP contribution < -0.4 is 15.0 Å². The predicted molar refractivity (Wildman–Crippen MR) is 134 cm³/mol. The van der Waals surface area contributed by atoms with Crippen LogP contribution in [0.4, 0.5) is 5.69 Å². The fraction of sp³-hybridized carbons (Fsp3) is 0.462. The van der Waals surface area contributed by atoms with Gasteiger partial charge < -0.3 is 15.0 Å². The molecule has 35 heavy (non-hydrogen) atoms. The van der Waals surface area contributed by atoms with E-state index in [1.165, 1.54) is 23.5 Å². The Labute approximate surface area is 207 Å². The van der Waals surface area contributed by atoms with E-state index in [4.69, 9.17) is 4.74 Å². The Morgan fingerprint density at radius 2 is 1.77 bits per heavy atom. The summed E-state index contributed by atoms with van der Waals surface area (Å²) in [4.78, 5) is 26.6. The number of ether oxygens (including phenoxy) is 1. The molecule has 2 atom stereocenters. The van der Waals surface area contributed by atoms with E-state index in [1.54, 1.807) is 11.0 Å². The summed E-state index contributed by atoms with van der Waals surface area (Å²) in [5, 5.41) is 2.85. The maximum atomic E-state index is 13.5. The zero-order valence-electron chi connectivity index (χ0n) is 20.5. The molecule has 0 radical (unpaired) electrons. The molecule has 0 spiro atoms. The second-order valence-electron chi connectivity index (χ2n) is 9.63. The summed E-state index contributed by atoms with van der Waals surface area (Å²) in [5.41, 5.74) is 1.99. The predicted octanol–water partition coefficient (Wildman–Crippen LogP) is 3.42. The van der Waals surface area contributed by atoms with Gasteiger partial charge in [-0.25, -0.2) is 8.42 Å². The first kappa shape index (κ1) is 25.2. The number of amides is 2. The first-order chi connectivity index (χ1) is 16.7. The Kier molecular flexibility index (Phi) is 7.47. The number of hydrogen-bond donors (Lipinski definition) is 1. The van der Waals surface area contributed by atoms with Gasteiger partial charge in [-0.1, -0.05) is 26.0 Å². The van der Waals surface area contributed by atoms with E-state index in [2.05, 4.69) is 19.2 Å². The van der Waals surface area contributed by atoms with Crippen LogP contribution in [0.1, 0.15) is 49.0 Å². The number of sulfonamides is 1. The van der Waals surface area contributed by atoms with Crippen molar-refractivity contribution in [3.05, 3.63) is 53.6 Å². The minimum atomic E-state index is -3.82. The minimum absolute atomic E-state index is 0.00795. The van der Waals surface area contributed by atoms with Gasteiger partial charge in [0.05, 0.1) is 7.11 Å². The van der Waals surface area contributed by atoms with Crippen LogP contribution >= 0.6 is 0 Å². The molecule has 2 aromatic rings. The van der Waals surface area contributed by atoms with Crippen LogP contribution in [0.5, 0.6) is 5.75 Å². The van der Waals surface area contributed by atoms with Crippen molar-refractivity contribution >= 4 is 27.5 Å². The van der Waals surface area contributed by atoms with Crippen molar-refractivity contribution < 1.29 is 22.7 Å². The molecule has 4 rings (SSSR count). The van der Waals surface area contributed by atoms with Gasteiger partial charge in [0.1, 0.15) is 10.6 Å². The summed E-state index contributed by atoms with van der Waals surface area (Å²) in [6.45, 7) is 6.01. The lowest BCUT2D eigenvalue weighted by molar-refractivity contribution is -0.117. The molecule has 0 aliphatic carbocycles. The standard InChI is InChI=1S/C26H33N3O5S/c1-18-13-19(2)17-28(16-18)35(32,33)24-14-21(8-11-23(24)34-3)26(31)27-15-20-6-9-22(10-7-20)29-12-4-5-25(29)30/h6-11,14,18-19H,4-5,12-13,15-17H2,1-3H3,(H,27,31)/t18-,19-/m1/s1. The first-order valence-corrected chi connectivity index (χ1v) is 13.5. The highest BCUT2D eigenvalue weighted by Crippen LogP contribution is 2.32. The van der Waals surface area contributed by atoms with Crippen LogP contribution in [0, 0.1) is 11.8 Å². The van der Waals surface area contributed by atoms with E-state index >= 15 is 0 Å². The molecule has 0 aromatic heterocycles. The topological polar surface area (TPSA) is 96.0 Å². The number of nitrogens with zero attached hydrogens (tertiary/aromatic N) is 2. The Balaban J connectivity index is 1.48. The molecule has 0 saturated carbocycles. The third kappa shape index (κ3) is 5.51. The number of carbonyl (C=O) groups excluding carboxylic acids is 2. The molecular weight excluding hydrogens is 466 g/mol. The summed E-state index contributed by atoms with van der Waals surface area (Å²) < 4.78 is 33.8. The van der Waals surface area contributed by atoms with Crippen LogP contribution in [0.2, 0.25) is 0 Å². The van der Waals surface area contributed by atoms with E-state index in [-0.39, 0.29) is 46.4 Å². The normalized spacial score (nSPS) is 21.2. The highest BCUT2D eigenvalue weighted by atomic mass is 32.2. The molecule has 2 saturated heterocycles. The van der Waals surface area contributed by atoms with Crippen molar-refractivity contribution in [1.29, 1.82) is 0 Å². The number of anilines is 1. The molecular formula is C26H33N3O5S. The molecule has 2 heterocycles. The zero-order chi connectivity index (χ0) is 25.2. The zero-order valence-corrected chi connectivity index (χ0v) is 21.3. The third-order valence-electron chi connectivity index (χ3n) is 6.65. The number of methoxy groups -OCH3 is 1. The highest BCUT2D eigenvalue weighted by molar-refractivity contribution is 7.89. The van der Waals surface area contributed by atoms with Gasteiger partial charge in [-0.2, -0.15) is 4.31 Å². The molecule has 2 aliphatic rings. The van der Waals surface area contributed by atoms with Gasteiger partial charge in [0, 0.05) is 43.9 Å².